The third-order valence-electron chi connectivity index (χ3n) is 3.09. The number of amides is 1. The van der Waals surface area contributed by atoms with Crippen LogP contribution in [0.1, 0.15) is 28.9 Å². The fourth-order valence-corrected chi connectivity index (χ4v) is 1.89. The van der Waals surface area contributed by atoms with Crippen molar-refractivity contribution in [1.29, 1.82) is 0 Å². The zero-order valence-corrected chi connectivity index (χ0v) is 11.6. The molecule has 2 rings (SSSR count). The van der Waals surface area contributed by atoms with E-state index in [1.807, 2.05) is 0 Å². The number of carbonyl (C=O) groups excluding carboxylic acids is 1. The van der Waals surface area contributed by atoms with Gasteiger partial charge >= 0.3 is 0 Å². The zero-order valence-electron chi connectivity index (χ0n) is 11.6. The highest BCUT2D eigenvalue weighted by Crippen LogP contribution is 2.23. The number of anilines is 1. The van der Waals surface area contributed by atoms with Crippen LogP contribution in [0, 0.1) is 10.1 Å². The summed E-state index contributed by atoms with van der Waals surface area (Å²) in [5, 5.41) is 23.0. The van der Waals surface area contributed by atoms with Crippen LogP contribution >= 0.6 is 0 Å². The molecule has 2 aromatic rings. The van der Waals surface area contributed by atoms with Crippen molar-refractivity contribution in [2.75, 3.05) is 12.4 Å². The van der Waals surface area contributed by atoms with Crippen molar-refractivity contribution in [2.45, 2.75) is 13.0 Å². The molecule has 1 aromatic carbocycles. The minimum absolute atomic E-state index is 0.0159. The summed E-state index contributed by atoms with van der Waals surface area (Å²) < 4.78 is 0. The molecule has 0 fully saturated rings. The van der Waals surface area contributed by atoms with Gasteiger partial charge < -0.3 is 10.6 Å². The molecule has 8 heteroatoms. The number of hydrogen-bond donors (Lipinski definition) is 3. The van der Waals surface area contributed by atoms with Gasteiger partial charge in [-0.3, -0.25) is 20.0 Å². The molecule has 0 aliphatic carbocycles. The van der Waals surface area contributed by atoms with Gasteiger partial charge in [0.25, 0.3) is 11.6 Å². The lowest BCUT2D eigenvalue weighted by atomic mass is 10.1. The monoisotopic (exact) mass is 289 g/mol. The highest BCUT2D eigenvalue weighted by molar-refractivity contribution is 5.99. The molecule has 1 unspecified atom stereocenters. The molecule has 0 aliphatic rings. The summed E-state index contributed by atoms with van der Waals surface area (Å²) in [4.78, 5) is 22.7. The van der Waals surface area contributed by atoms with E-state index in [0.29, 0.717) is 5.69 Å². The van der Waals surface area contributed by atoms with Crippen molar-refractivity contribution in [2.24, 2.45) is 0 Å². The number of nitro benzene ring substituents is 1. The Kier molecular flexibility index (Phi) is 4.17. The molecule has 0 bridgehead atoms. The molecule has 3 N–H and O–H groups in total. The molecular formula is C13H15N5O3. The molecule has 0 saturated carbocycles. The largest absolute Gasteiger partial charge is 0.388 e. The van der Waals surface area contributed by atoms with Crippen LogP contribution in [0.4, 0.5) is 11.4 Å². The van der Waals surface area contributed by atoms with Crippen molar-refractivity contribution in [3.63, 3.8) is 0 Å². The molecule has 21 heavy (non-hydrogen) atoms. The average molecular weight is 289 g/mol. The second-order valence-electron chi connectivity index (χ2n) is 4.47. The summed E-state index contributed by atoms with van der Waals surface area (Å²) in [5.74, 6) is -0.507. The molecule has 110 valence electrons. The fourth-order valence-electron chi connectivity index (χ4n) is 1.89. The first-order chi connectivity index (χ1) is 10.0. The van der Waals surface area contributed by atoms with Gasteiger partial charge in [-0.05, 0) is 19.1 Å². The quantitative estimate of drug-likeness (QED) is 0.574. The summed E-state index contributed by atoms with van der Waals surface area (Å²) in [6.45, 7) is 1.77. The number of nitro groups is 1. The van der Waals surface area contributed by atoms with Crippen LogP contribution in [-0.4, -0.2) is 28.1 Å². The second kappa shape index (κ2) is 6.04. The summed E-state index contributed by atoms with van der Waals surface area (Å²) in [5.41, 5.74) is 1.20. The molecule has 1 heterocycles. The van der Waals surface area contributed by atoms with Crippen LogP contribution in [0.3, 0.4) is 0 Å². The van der Waals surface area contributed by atoms with Crippen molar-refractivity contribution in [3.05, 3.63) is 51.8 Å². The third-order valence-corrected chi connectivity index (χ3v) is 3.09. The molecule has 8 nitrogen and oxygen atoms in total. The Bertz CT molecular complexity index is 654. The number of H-pyrrole nitrogens is 1. The van der Waals surface area contributed by atoms with E-state index in [9.17, 15) is 14.9 Å². The lowest BCUT2D eigenvalue weighted by molar-refractivity contribution is -0.385. The van der Waals surface area contributed by atoms with E-state index in [4.69, 9.17) is 0 Å². The number of nitrogens with one attached hydrogen (secondary N) is 3. The van der Waals surface area contributed by atoms with Crippen LogP contribution in [0.15, 0.2) is 30.6 Å². The molecule has 1 amide bonds. The van der Waals surface area contributed by atoms with Crippen molar-refractivity contribution < 1.29 is 9.72 Å². The van der Waals surface area contributed by atoms with Gasteiger partial charge in [0.15, 0.2) is 0 Å². The van der Waals surface area contributed by atoms with Crippen LogP contribution in [0.25, 0.3) is 0 Å². The fraction of sp³-hybridized carbons (Fsp3) is 0.231. The van der Waals surface area contributed by atoms with Crippen LogP contribution in [0.5, 0.6) is 0 Å². The van der Waals surface area contributed by atoms with Crippen LogP contribution in [0.2, 0.25) is 0 Å². The Labute approximate surface area is 120 Å². The number of aromatic nitrogens is 2. The molecular weight excluding hydrogens is 274 g/mol. The summed E-state index contributed by atoms with van der Waals surface area (Å²) in [7, 11) is 1.68. The molecule has 0 spiro atoms. The van der Waals surface area contributed by atoms with Gasteiger partial charge in [-0.2, -0.15) is 5.10 Å². The van der Waals surface area contributed by atoms with Gasteiger partial charge in [0.1, 0.15) is 5.56 Å². The van der Waals surface area contributed by atoms with Gasteiger partial charge in [0.2, 0.25) is 0 Å². The summed E-state index contributed by atoms with van der Waals surface area (Å²) >= 11 is 0. The maximum Gasteiger partial charge on any atom is 0.282 e. The Morgan fingerprint density at radius 1 is 1.48 bits per heavy atom. The number of aromatic amines is 1. The molecule has 1 atom stereocenters. The van der Waals surface area contributed by atoms with Crippen LogP contribution < -0.4 is 10.6 Å². The van der Waals surface area contributed by atoms with Gasteiger partial charge in [0, 0.05) is 30.6 Å². The van der Waals surface area contributed by atoms with Gasteiger partial charge in [-0.25, -0.2) is 0 Å². The van der Waals surface area contributed by atoms with E-state index in [1.54, 1.807) is 32.4 Å². The topological polar surface area (TPSA) is 113 Å². The van der Waals surface area contributed by atoms with E-state index in [0.717, 1.165) is 5.56 Å². The lowest BCUT2D eigenvalue weighted by Gasteiger charge is -2.12. The van der Waals surface area contributed by atoms with E-state index < -0.39 is 10.8 Å². The van der Waals surface area contributed by atoms with Crippen molar-refractivity contribution in [3.8, 4) is 0 Å². The van der Waals surface area contributed by atoms with Crippen molar-refractivity contribution in [1.82, 2.24) is 15.5 Å². The highest BCUT2D eigenvalue weighted by Gasteiger charge is 2.22. The normalized spacial score (nSPS) is 11.7. The Hall–Kier alpha value is -2.90. The summed E-state index contributed by atoms with van der Waals surface area (Å²) in [6, 6.07) is 4.00. The highest BCUT2D eigenvalue weighted by atomic mass is 16.6. The van der Waals surface area contributed by atoms with E-state index >= 15 is 0 Å². The smallest absolute Gasteiger partial charge is 0.282 e. The third kappa shape index (κ3) is 3.16. The van der Waals surface area contributed by atoms with Gasteiger partial charge in [-0.1, -0.05) is 0 Å². The lowest BCUT2D eigenvalue weighted by Crippen LogP contribution is -2.27. The van der Waals surface area contributed by atoms with E-state index in [2.05, 4.69) is 20.8 Å². The molecule has 1 aromatic heterocycles. The maximum absolute atomic E-state index is 12.3. The Morgan fingerprint density at radius 2 is 2.24 bits per heavy atom. The molecule has 0 aliphatic heterocycles. The van der Waals surface area contributed by atoms with Gasteiger partial charge in [0.05, 0.1) is 17.2 Å². The van der Waals surface area contributed by atoms with Gasteiger partial charge in [-0.15, -0.1) is 0 Å². The Morgan fingerprint density at radius 3 is 2.81 bits per heavy atom. The van der Waals surface area contributed by atoms with Crippen molar-refractivity contribution >= 4 is 17.3 Å². The second-order valence-corrected chi connectivity index (χ2v) is 4.47. The zero-order chi connectivity index (χ0) is 15.4. The maximum atomic E-state index is 12.3. The predicted octanol–water partition coefficient (Wildman–Crippen LogP) is 1.85. The number of rotatable bonds is 5. The number of hydrogen-bond acceptors (Lipinski definition) is 5. The first-order valence-electron chi connectivity index (χ1n) is 6.28. The SMILES string of the molecule is CNc1ccc([N+](=O)[O-])c(C(=O)NC(C)c2cn[nH]c2)c1. The Balaban J connectivity index is 2.27. The standard InChI is InChI=1S/C13H15N5O3/c1-8(9-6-15-16-7-9)17-13(19)11-5-10(14-2)3-4-12(11)18(20)21/h3-8,14H,1-2H3,(H,15,16)(H,17,19). The number of benzene rings is 1. The average Bonchev–Trinajstić information content (AvgIpc) is 3.00. The minimum Gasteiger partial charge on any atom is -0.388 e. The van der Waals surface area contributed by atoms with Crippen LogP contribution in [-0.2, 0) is 0 Å². The molecule has 0 saturated heterocycles. The van der Waals surface area contributed by atoms with E-state index in [-0.39, 0.29) is 17.3 Å². The predicted molar refractivity (Wildman–Crippen MR) is 77.1 cm³/mol. The number of nitrogens with zero attached hydrogens (tertiary/aromatic N) is 2. The number of carbonyl (C=O) groups is 1. The first kappa shape index (κ1) is 14.5. The first-order valence-corrected chi connectivity index (χ1v) is 6.28. The molecule has 0 radical (unpaired) electrons. The summed E-state index contributed by atoms with van der Waals surface area (Å²) in [6.07, 6.45) is 3.24. The van der Waals surface area contributed by atoms with E-state index in [1.165, 1.54) is 12.1 Å². The minimum atomic E-state index is -0.573.